The van der Waals surface area contributed by atoms with Crippen molar-refractivity contribution in [3.63, 3.8) is 0 Å². The Kier molecular flexibility index (Phi) is 7.02. The Morgan fingerprint density at radius 1 is 1.22 bits per heavy atom. The molecule has 2 heterocycles. The highest BCUT2D eigenvalue weighted by atomic mass is 16.1. The molecule has 1 N–H and O–H groups in total. The maximum Gasteiger partial charge on any atom is 0.220 e. The number of nitrogens with one attached hydrogen (secondary N) is 1. The molecule has 2 rings (SSSR count). The predicted octanol–water partition coefficient (Wildman–Crippen LogP) is 2.69. The summed E-state index contributed by atoms with van der Waals surface area (Å²) in [5, 5.41) is 11.2. The molecule has 23 heavy (non-hydrogen) atoms. The SMILES string of the molecule is CC(NC(=O)CCCN1CCCCCC1)c1nncn1C(C)C. The number of hydrogen-bond acceptors (Lipinski definition) is 4. The fourth-order valence-electron chi connectivity index (χ4n) is 3.16. The average Bonchev–Trinajstić information content (AvgIpc) is 2.86. The van der Waals surface area contributed by atoms with Crippen LogP contribution in [0.5, 0.6) is 0 Å². The minimum atomic E-state index is -0.106. The van der Waals surface area contributed by atoms with Crippen LogP contribution in [-0.2, 0) is 4.79 Å². The third-order valence-corrected chi connectivity index (χ3v) is 4.50. The van der Waals surface area contributed by atoms with Crippen LogP contribution in [0.1, 0.15) is 77.2 Å². The summed E-state index contributed by atoms with van der Waals surface area (Å²) >= 11 is 0. The summed E-state index contributed by atoms with van der Waals surface area (Å²) in [7, 11) is 0. The molecule has 6 heteroatoms. The molecule has 0 aliphatic carbocycles. The highest BCUT2D eigenvalue weighted by molar-refractivity contribution is 5.76. The third-order valence-electron chi connectivity index (χ3n) is 4.50. The molecule has 1 saturated heterocycles. The standard InChI is InChI=1S/C17H31N5O/c1-14(2)22-13-18-20-17(22)15(3)19-16(23)9-8-12-21-10-6-4-5-7-11-21/h13-15H,4-12H2,1-3H3,(H,19,23). The Bertz CT molecular complexity index is 477. The van der Waals surface area contributed by atoms with E-state index in [1.165, 1.54) is 38.8 Å². The summed E-state index contributed by atoms with van der Waals surface area (Å²) in [5.74, 6) is 0.923. The number of hydrogen-bond donors (Lipinski definition) is 1. The van der Waals surface area contributed by atoms with E-state index in [1.807, 2.05) is 11.5 Å². The summed E-state index contributed by atoms with van der Waals surface area (Å²) in [6.45, 7) is 9.55. The van der Waals surface area contributed by atoms with Crippen molar-refractivity contribution in [2.75, 3.05) is 19.6 Å². The zero-order valence-electron chi connectivity index (χ0n) is 14.8. The van der Waals surface area contributed by atoms with Gasteiger partial charge in [-0.15, -0.1) is 10.2 Å². The summed E-state index contributed by atoms with van der Waals surface area (Å²) in [5.41, 5.74) is 0. The molecule has 1 aromatic rings. The molecule has 6 nitrogen and oxygen atoms in total. The molecule has 0 radical (unpaired) electrons. The van der Waals surface area contributed by atoms with Crippen LogP contribution in [0.4, 0.5) is 0 Å². The minimum absolute atomic E-state index is 0.102. The van der Waals surface area contributed by atoms with Crippen LogP contribution >= 0.6 is 0 Å². The van der Waals surface area contributed by atoms with Crippen molar-refractivity contribution in [2.45, 2.75) is 71.4 Å². The van der Waals surface area contributed by atoms with E-state index >= 15 is 0 Å². The van der Waals surface area contributed by atoms with Gasteiger partial charge in [0.25, 0.3) is 0 Å². The molecule has 0 bridgehead atoms. The number of carbonyl (C=O) groups excluding carboxylic acids is 1. The monoisotopic (exact) mass is 321 g/mol. The van der Waals surface area contributed by atoms with Gasteiger partial charge in [-0.2, -0.15) is 0 Å². The third kappa shape index (κ3) is 5.61. The van der Waals surface area contributed by atoms with Gasteiger partial charge < -0.3 is 14.8 Å². The van der Waals surface area contributed by atoms with Gasteiger partial charge in [0, 0.05) is 12.5 Å². The van der Waals surface area contributed by atoms with Gasteiger partial charge in [-0.1, -0.05) is 12.8 Å². The number of carbonyl (C=O) groups is 1. The first kappa shape index (κ1) is 17.9. The van der Waals surface area contributed by atoms with Crippen LogP contribution in [0.25, 0.3) is 0 Å². The average molecular weight is 321 g/mol. The van der Waals surface area contributed by atoms with Gasteiger partial charge in [0.2, 0.25) is 5.91 Å². The Morgan fingerprint density at radius 2 is 1.91 bits per heavy atom. The Morgan fingerprint density at radius 3 is 2.57 bits per heavy atom. The van der Waals surface area contributed by atoms with E-state index in [4.69, 9.17) is 0 Å². The van der Waals surface area contributed by atoms with Gasteiger partial charge in [0.15, 0.2) is 5.82 Å². The molecule has 0 spiro atoms. The van der Waals surface area contributed by atoms with Gasteiger partial charge in [-0.3, -0.25) is 4.79 Å². The second-order valence-electron chi connectivity index (χ2n) is 6.84. The van der Waals surface area contributed by atoms with E-state index in [-0.39, 0.29) is 11.9 Å². The summed E-state index contributed by atoms with van der Waals surface area (Å²) in [6, 6.07) is 0.188. The van der Waals surface area contributed by atoms with E-state index in [0.717, 1.165) is 18.8 Å². The lowest BCUT2D eigenvalue weighted by atomic mass is 10.2. The smallest absolute Gasteiger partial charge is 0.220 e. The number of aromatic nitrogens is 3. The van der Waals surface area contributed by atoms with Crippen molar-refractivity contribution >= 4 is 5.91 Å². The number of amides is 1. The first-order valence-corrected chi connectivity index (χ1v) is 8.99. The molecule has 1 aliphatic heterocycles. The molecule has 1 unspecified atom stereocenters. The Hall–Kier alpha value is -1.43. The minimum Gasteiger partial charge on any atom is -0.346 e. The van der Waals surface area contributed by atoms with E-state index in [2.05, 4.69) is 34.3 Å². The highest BCUT2D eigenvalue weighted by Crippen LogP contribution is 2.14. The Balaban J connectivity index is 1.72. The maximum absolute atomic E-state index is 12.2. The number of likely N-dealkylation sites (tertiary alicyclic amines) is 1. The second kappa shape index (κ2) is 9.01. The van der Waals surface area contributed by atoms with E-state index < -0.39 is 0 Å². The number of rotatable bonds is 7. The lowest BCUT2D eigenvalue weighted by Crippen LogP contribution is -2.30. The zero-order valence-corrected chi connectivity index (χ0v) is 14.8. The lowest BCUT2D eigenvalue weighted by molar-refractivity contribution is -0.122. The van der Waals surface area contributed by atoms with Crippen molar-refractivity contribution in [2.24, 2.45) is 0 Å². The molecule has 1 aliphatic rings. The molecule has 0 aromatic carbocycles. The van der Waals surface area contributed by atoms with Crippen molar-refractivity contribution in [3.8, 4) is 0 Å². The molecule has 0 saturated carbocycles. The molecule has 1 fully saturated rings. The quantitative estimate of drug-likeness (QED) is 0.838. The molecule has 1 atom stereocenters. The van der Waals surface area contributed by atoms with Gasteiger partial charge in [0.05, 0.1) is 6.04 Å². The molecule has 1 aromatic heterocycles. The van der Waals surface area contributed by atoms with Crippen molar-refractivity contribution in [1.82, 2.24) is 25.0 Å². The van der Waals surface area contributed by atoms with Crippen LogP contribution < -0.4 is 5.32 Å². The molecular weight excluding hydrogens is 290 g/mol. The second-order valence-corrected chi connectivity index (χ2v) is 6.84. The topological polar surface area (TPSA) is 63.1 Å². The Labute approximate surface area is 139 Å². The number of nitrogens with zero attached hydrogens (tertiary/aromatic N) is 4. The van der Waals surface area contributed by atoms with Crippen LogP contribution in [0.2, 0.25) is 0 Å². The fourth-order valence-corrected chi connectivity index (χ4v) is 3.16. The van der Waals surface area contributed by atoms with Crippen LogP contribution in [-0.4, -0.2) is 45.2 Å². The van der Waals surface area contributed by atoms with Crippen molar-refractivity contribution < 1.29 is 4.79 Å². The van der Waals surface area contributed by atoms with E-state index in [9.17, 15) is 4.79 Å². The first-order valence-electron chi connectivity index (χ1n) is 8.99. The maximum atomic E-state index is 12.2. The van der Waals surface area contributed by atoms with Crippen molar-refractivity contribution in [3.05, 3.63) is 12.2 Å². The molecule has 1 amide bonds. The predicted molar refractivity (Wildman–Crippen MR) is 91.1 cm³/mol. The lowest BCUT2D eigenvalue weighted by Gasteiger charge is -2.20. The summed E-state index contributed by atoms with van der Waals surface area (Å²) in [4.78, 5) is 14.7. The molecular formula is C17H31N5O. The van der Waals surface area contributed by atoms with E-state index in [1.54, 1.807) is 6.33 Å². The first-order chi connectivity index (χ1) is 11.1. The largest absolute Gasteiger partial charge is 0.346 e. The summed E-state index contributed by atoms with van der Waals surface area (Å²) in [6.07, 6.45) is 8.53. The van der Waals surface area contributed by atoms with Crippen LogP contribution in [0.15, 0.2) is 6.33 Å². The van der Waals surface area contributed by atoms with Gasteiger partial charge >= 0.3 is 0 Å². The zero-order chi connectivity index (χ0) is 16.7. The van der Waals surface area contributed by atoms with Gasteiger partial charge in [-0.25, -0.2) is 0 Å². The van der Waals surface area contributed by atoms with E-state index in [0.29, 0.717) is 12.5 Å². The van der Waals surface area contributed by atoms with Gasteiger partial charge in [0.1, 0.15) is 6.33 Å². The summed E-state index contributed by atoms with van der Waals surface area (Å²) < 4.78 is 2.00. The van der Waals surface area contributed by atoms with Crippen LogP contribution in [0.3, 0.4) is 0 Å². The van der Waals surface area contributed by atoms with Crippen LogP contribution in [0, 0.1) is 0 Å². The normalized spacial score (nSPS) is 17.9. The van der Waals surface area contributed by atoms with Crippen molar-refractivity contribution in [1.29, 1.82) is 0 Å². The van der Waals surface area contributed by atoms with Gasteiger partial charge in [-0.05, 0) is 59.7 Å². The highest BCUT2D eigenvalue weighted by Gasteiger charge is 2.17. The molecule has 130 valence electrons. The fraction of sp³-hybridized carbons (Fsp3) is 0.824.